The van der Waals surface area contributed by atoms with Gasteiger partial charge < -0.3 is 9.47 Å². The lowest BCUT2D eigenvalue weighted by atomic mass is 9.89. The lowest BCUT2D eigenvalue weighted by Gasteiger charge is -2.28. The molecule has 0 aromatic heterocycles. The SMILES string of the molecule is CCCO[C@@H](C)C(=O)OC1(C(=O)Cl)C=CC(c2ccccc2)C=C1. The third-order valence-corrected chi connectivity index (χ3v) is 4.06. The lowest BCUT2D eigenvalue weighted by Crippen LogP contribution is -2.41. The largest absolute Gasteiger partial charge is 0.439 e. The van der Waals surface area contributed by atoms with Crippen molar-refractivity contribution in [1.82, 2.24) is 0 Å². The smallest absolute Gasteiger partial charge is 0.336 e. The zero-order chi connectivity index (χ0) is 17.6. The number of esters is 1. The molecule has 1 atom stereocenters. The average molecular weight is 349 g/mol. The van der Waals surface area contributed by atoms with Gasteiger partial charge in [0.15, 0.2) is 6.10 Å². The van der Waals surface area contributed by atoms with E-state index in [0.717, 1.165) is 12.0 Å². The summed E-state index contributed by atoms with van der Waals surface area (Å²) in [4.78, 5) is 24.0. The van der Waals surface area contributed by atoms with Crippen LogP contribution in [0.4, 0.5) is 0 Å². The molecule has 128 valence electrons. The molecule has 5 heteroatoms. The second-order valence-corrected chi connectivity index (χ2v) is 6.00. The second kappa shape index (κ2) is 8.27. The highest BCUT2D eigenvalue weighted by Crippen LogP contribution is 2.30. The predicted octanol–water partition coefficient (Wildman–Crippen LogP) is 3.76. The number of benzene rings is 1. The Bertz CT molecular complexity index is 622. The van der Waals surface area contributed by atoms with Crippen molar-refractivity contribution in [2.75, 3.05) is 6.61 Å². The first-order chi connectivity index (χ1) is 11.5. The van der Waals surface area contributed by atoms with Gasteiger partial charge in [0.05, 0.1) is 0 Å². The molecule has 1 aromatic carbocycles. The molecule has 1 aliphatic carbocycles. The van der Waals surface area contributed by atoms with E-state index >= 15 is 0 Å². The van der Waals surface area contributed by atoms with E-state index in [0.29, 0.717) is 6.61 Å². The van der Waals surface area contributed by atoms with Crippen LogP contribution >= 0.6 is 11.6 Å². The van der Waals surface area contributed by atoms with Crippen molar-refractivity contribution in [2.24, 2.45) is 0 Å². The van der Waals surface area contributed by atoms with Crippen LogP contribution in [0.15, 0.2) is 54.6 Å². The molecule has 0 radical (unpaired) electrons. The summed E-state index contributed by atoms with van der Waals surface area (Å²) in [6.45, 7) is 3.98. The molecule has 0 spiro atoms. The first-order valence-electron chi connectivity index (χ1n) is 7.96. The Morgan fingerprint density at radius 2 is 1.83 bits per heavy atom. The van der Waals surface area contributed by atoms with Crippen molar-refractivity contribution < 1.29 is 19.1 Å². The van der Waals surface area contributed by atoms with E-state index in [1.165, 1.54) is 12.2 Å². The predicted molar refractivity (Wildman–Crippen MR) is 92.9 cm³/mol. The standard InChI is InChI=1S/C19H21ClO4/c1-3-13-23-14(2)17(21)24-19(18(20)22)11-9-16(10-12-19)15-7-5-4-6-8-15/h4-12,14,16H,3,13H2,1-2H3/t14-,16?,19?/m0/s1. The zero-order valence-electron chi connectivity index (χ0n) is 13.8. The molecular weight excluding hydrogens is 328 g/mol. The van der Waals surface area contributed by atoms with Crippen molar-refractivity contribution in [1.29, 1.82) is 0 Å². The summed E-state index contributed by atoms with van der Waals surface area (Å²) < 4.78 is 10.7. The normalized spacial score (nSPS) is 23.7. The number of halogens is 1. The van der Waals surface area contributed by atoms with Crippen LogP contribution in [0.1, 0.15) is 31.7 Å². The van der Waals surface area contributed by atoms with Gasteiger partial charge in [0.25, 0.3) is 5.24 Å². The Hall–Kier alpha value is -1.91. The highest BCUT2D eigenvalue weighted by Gasteiger charge is 2.39. The molecule has 4 nitrogen and oxygen atoms in total. The lowest BCUT2D eigenvalue weighted by molar-refractivity contribution is -0.166. The van der Waals surface area contributed by atoms with Crippen LogP contribution in [0.5, 0.6) is 0 Å². The molecule has 0 bridgehead atoms. The Labute approximate surface area is 147 Å². The average Bonchev–Trinajstić information content (AvgIpc) is 2.60. The summed E-state index contributed by atoms with van der Waals surface area (Å²) >= 11 is 5.70. The highest BCUT2D eigenvalue weighted by molar-refractivity contribution is 6.66. The fourth-order valence-corrected chi connectivity index (χ4v) is 2.53. The van der Waals surface area contributed by atoms with Crippen LogP contribution in [0, 0.1) is 0 Å². The maximum absolute atomic E-state index is 12.2. The molecule has 0 saturated carbocycles. The third kappa shape index (κ3) is 4.34. The van der Waals surface area contributed by atoms with Gasteiger partial charge >= 0.3 is 5.97 Å². The minimum absolute atomic E-state index is 0.00260. The van der Waals surface area contributed by atoms with Gasteiger partial charge in [0.2, 0.25) is 5.60 Å². The number of carbonyl (C=O) groups is 2. The van der Waals surface area contributed by atoms with Crippen molar-refractivity contribution in [3.63, 3.8) is 0 Å². The first-order valence-corrected chi connectivity index (χ1v) is 8.34. The van der Waals surface area contributed by atoms with Crippen molar-refractivity contribution in [3.05, 3.63) is 60.2 Å². The molecule has 0 heterocycles. The molecule has 0 fully saturated rings. The minimum Gasteiger partial charge on any atom is -0.439 e. The topological polar surface area (TPSA) is 52.6 Å². The Kier molecular flexibility index (Phi) is 6.35. The quantitative estimate of drug-likeness (QED) is 0.427. The van der Waals surface area contributed by atoms with E-state index in [1.54, 1.807) is 19.1 Å². The number of carbonyl (C=O) groups excluding carboxylic acids is 2. The Balaban J connectivity index is 2.12. The second-order valence-electron chi connectivity index (χ2n) is 5.66. The minimum atomic E-state index is -1.58. The summed E-state index contributed by atoms with van der Waals surface area (Å²) in [5.41, 5.74) is -0.500. The van der Waals surface area contributed by atoms with Gasteiger partial charge in [-0.2, -0.15) is 0 Å². The van der Waals surface area contributed by atoms with Crippen LogP contribution in [0.25, 0.3) is 0 Å². The number of ether oxygens (including phenoxy) is 2. The molecular formula is C19H21ClO4. The molecule has 0 amide bonds. The highest BCUT2D eigenvalue weighted by atomic mass is 35.5. The van der Waals surface area contributed by atoms with Crippen LogP contribution in [-0.4, -0.2) is 29.5 Å². The number of hydrogen-bond acceptors (Lipinski definition) is 4. The fourth-order valence-electron chi connectivity index (χ4n) is 2.36. The molecule has 1 aliphatic rings. The number of rotatable bonds is 7. The van der Waals surface area contributed by atoms with Gasteiger partial charge in [-0.1, -0.05) is 49.4 Å². The van der Waals surface area contributed by atoms with Crippen LogP contribution in [-0.2, 0) is 19.1 Å². The van der Waals surface area contributed by atoms with Gasteiger partial charge in [0, 0.05) is 12.5 Å². The molecule has 0 aliphatic heterocycles. The monoisotopic (exact) mass is 348 g/mol. The molecule has 24 heavy (non-hydrogen) atoms. The summed E-state index contributed by atoms with van der Waals surface area (Å²) in [6.07, 6.45) is 6.71. The first kappa shape index (κ1) is 18.4. The van der Waals surface area contributed by atoms with Crippen molar-refractivity contribution in [2.45, 2.75) is 37.9 Å². The Morgan fingerprint density at radius 1 is 1.21 bits per heavy atom. The van der Waals surface area contributed by atoms with Crippen LogP contribution < -0.4 is 0 Å². The maximum Gasteiger partial charge on any atom is 0.336 e. The number of hydrogen-bond donors (Lipinski definition) is 0. The zero-order valence-corrected chi connectivity index (χ0v) is 14.5. The van der Waals surface area contributed by atoms with Crippen LogP contribution in [0.2, 0.25) is 0 Å². The summed E-state index contributed by atoms with van der Waals surface area (Å²) in [5.74, 6) is -0.618. The van der Waals surface area contributed by atoms with Gasteiger partial charge in [-0.3, -0.25) is 4.79 Å². The molecule has 0 saturated heterocycles. The maximum atomic E-state index is 12.2. The third-order valence-electron chi connectivity index (χ3n) is 3.77. The molecule has 0 N–H and O–H groups in total. The van der Waals surface area contributed by atoms with Crippen molar-refractivity contribution in [3.8, 4) is 0 Å². The molecule has 0 unspecified atom stereocenters. The molecule has 1 aromatic rings. The van der Waals surface area contributed by atoms with Gasteiger partial charge in [-0.05, 0) is 42.7 Å². The van der Waals surface area contributed by atoms with E-state index in [4.69, 9.17) is 21.1 Å². The van der Waals surface area contributed by atoms with Crippen molar-refractivity contribution >= 4 is 22.8 Å². The van der Waals surface area contributed by atoms with E-state index < -0.39 is 22.9 Å². The van der Waals surface area contributed by atoms with Gasteiger partial charge in [-0.15, -0.1) is 0 Å². The van der Waals surface area contributed by atoms with Gasteiger partial charge in [-0.25, -0.2) is 4.79 Å². The van der Waals surface area contributed by atoms with E-state index in [2.05, 4.69) is 0 Å². The summed E-state index contributed by atoms with van der Waals surface area (Å²) in [5, 5.41) is -0.766. The Morgan fingerprint density at radius 3 is 2.38 bits per heavy atom. The summed E-state index contributed by atoms with van der Waals surface area (Å²) in [7, 11) is 0. The van der Waals surface area contributed by atoms with E-state index in [-0.39, 0.29) is 5.92 Å². The van der Waals surface area contributed by atoms with E-state index in [9.17, 15) is 9.59 Å². The number of allylic oxidation sites excluding steroid dienone is 2. The molecule has 2 rings (SSSR count). The van der Waals surface area contributed by atoms with Gasteiger partial charge in [0.1, 0.15) is 0 Å². The van der Waals surface area contributed by atoms with Crippen LogP contribution in [0.3, 0.4) is 0 Å². The van der Waals surface area contributed by atoms with E-state index in [1.807, 2.05) is 37.3 Å². The fraction of sp³-hybridized carbons (Fsp3) is 0.368. The summed E-state index contributed by atoms with van der Waals surface area (Å²) in [6, 6.07) is 9.80.